The minimum atomic E-state index is -1.19. The molecule has 0 aliphatic carbocycles. The van der Waals surface area contributed by atoms with Gasteiger partial charge in [0.1, 0.15) is 11.4 Å². The Labute approximate surface area is 135 Å². The molecule has 0 saturated carbocycles. The maximum absolute atomic E-state index is 11.8. The van der Waals surface area contributed by atoms with E-state index in [0.717, 1.165) is 0 Å². The van der Waals surface area contributed by atoms with E-state index in [1.165, 1.54) is 0 Å². The third-order valence-electron chi connectivity index (χ3n) is 2.51. The van der Waals surface area contributed by atoms with Gasteiger partial charge in [-0.1, -0.05) is 0 Å². The fourth-order valence-electron chi connectivity index (χ4n) is 1.60. The number of aliphatic carboxylic acids is 1. The monoisotopic (exact) mass is 330 g/mol. The van der Waals surface area contributed by atoms with Gasteiger partial charge in [0.05, 0.1) is 12.0 Å². The molecule has 0 fully saturated rings. The van der Waals surface area contributed by atoms with Crippen LogP contribution in [0.2, 0.25) is 0 Å². The lowest BCUT2D eigenvalue weighted by Crippen LogP contribution is -2.38. The summed E-state index contributed by atoms with van der Waals surface area (Å²) >= 11 is 0. The summed E-state index contributed by atoms with van der Waals surface area (Å²) in [4.78, 5) is 34.3. The van der Waals surface area contributed by atoms with E-state index in [0.29, 0.717) is 0 Å². The van der Waals surface area contributed by atoms with E-state index in [-0.39, 0.29) is 30.9 Å². The predicted molar refractivity (Wildman–Crippen MR) is 84.6 cm³/mol. The Morgan fingerprint density at radius 3 is 1.96 bits per heavy atom. The zero-order chi connectivity index (χ0) is 18.0. The average Bonchev–Trinajstić information content (AvgIpc) is 2.41. The molecular weight excluding hydrogens is 304 g/mol. The van der Waals surface area contributed by atoms with Gasteiger partial charge in [0, 0.05) is 27.2 Å². The maximum Gasteiger partial charge on any atom is 0.407 e. The largest absolute Gasteiger partial charge is 0.478 e. The second-order valence-corrected chi connectivity index (χ2v) is 5.61. The lowest BCUT2D eigenvalue weighted by molar-refractivity contribution is -0.134. The normalized spacial score (nSPS) is 10.3. The molecule has 9 heteroatoms. The van der Waals surface area contributed by atoms with Crippen molar-refractivity contribution in [3.8, 4) is 0 Å². The van der Waals surface area contributed by atoms with Crippen molar-refractivity contribution < 1.29 is 24.2 Å². The van der Waals surface area contributed by atoms with Crippen molar-refractivity contribution in [1.29, 1.82) is 0 Å². The molecule has 0 aromatic rings. The van der Waals surface area contributed by atoms with Crippen molar-refractivity contribution in [3.05, 3.63) is 11.4 Å². The SMILES string of the molecule is CNC(NC)=C(CC(=O)NCCNC(=O)OC(C)(C)C)C(=O)O. The number of hydrogen-bond acceptors (Lipinski definition) is 6. The highest BCUT2D eigenvalue weighted by molar-refractivity contribution is 5.94. The van der Waals surface area contributed by atoms with Crippen molar-refractivity contribution in [1.82, 2.24) is 21.3 Å². The number of carbonyl (C=O) groups excluding carboxylic acids is 2. The molecule has 0 rings (SSSR count). The Morgan fingerprint density at radius 1 is 1.00 bits per heavy atom. The third kappa shape index (κ3) is 9.22. The van der Waals surface area contributed by atoms with Gasteiger partial charge >= 0.3 is 12.1 Å². The predicted octanol–water partition coefficient (Wildman–Crippen LogP) is -0.248. The van der Waals surface area contributed by atoms with E-state index in [4.69, 9.17) is 9.84 Å². The van der Waals surface area contributed by atoms with Crippen LogP contribution in [0.1, 0.15) is 27.2 Å². The third-order valence-corrected chi connectivity index (χ3v) is 2.51. The van der Waals surface area contributed by atoms with Crippen molar-refractivity contribution in [2.24, 2.45) is 0 Å². The summed E-state index contributed by atoms with van der Waals surface area (Å²) in [5, 5.41) is 19.5. The van der Waals surface area contributed by atoms with Crippen LogP contribution in [-0.4, -0.2) is 55.9 Å². The number of carboxylic acid groups (broad SMARTS) is 1. The summed E-state index contributed by atoms with van der Waals surface area (Å²) < 4.78 is 5.04. The maximum atomic E-state index is 11.8. The zero-order valence-corrected chi connectivity index (χ0v) is 14.2. The topological polar surface area (TPSA) is 129 Å². The highest BCUT2D eigenvalue weighted by atomic mass is 16.6. The van der Waals surface area contributed by atoms with Crippen LogP contribution in [0.25, 0.3) is 0 Å². The lowest BCUT2D eigenvalue weighted by atomic mass is 10.1. The number of nitrogens with one attached hydrogen (secondary N) is 4. The van der Waals surface area contributed by atoms with Gasteiger partial charge in [-0.05, 0) is 20.8 Å². The van der Waals surface area contributed by atoms with Crippen LogP contribution < -0.4 is 21.3 Å². The summed E-state index contributed by atoms with van der Waals surface area (Å²) in [5.41, 5.74) is -0.668. The molecule has 0 saturated heterocycles. The molecule has 2 amide bonds. The quantitative estimate of drug-likeness (QED) is 0.307. The van der Waals surface area contributed by atoms with Crippen molar-refractivity contribution >= 4 is 18.0 Å². The molecule has 0 aromatic heterocycles. The van der Waals surface area contributed by atoms with E-state index in [1.54, 1.807) is 34.9 Å². The van der Waals surface area contributed by atoms with Gasteiger partial charge in [-0.2, -0.15) is 0 Å². The van der Waals surface area contributed by atoms with E-state index < -0.39 is 23.6 Å². The fourth-order valence-corrected chi connectivity index (χ4v) is 1.60. The average molecular weight is 330 g/mol. The molecule has 0 heterocycles. The summed E-state index contributed by atoms with van der Waals surface area (Å²) in [5.74, 6) is -1.39. The van der Waals surface area contributed by atoms with Gasteiger partial charge in [0.25, 0.3) is 0 Å². The smallest absolute Gasteiger partial charge is 0.407 e. The molecule has 0 aromatic carbocycles. The van der Waals surface area contributed by atoms with Crippen molar-refractivity contribution in [2.75, 3.05) is 27.2 Å². The van der Waals surface area contributed by atoms with Crippen LogP contribution in [0.3, 0.4) is 0 Å². The van der Waals surface area contributed by atoms with Crippen LogP contribution in [0.4, 0.5) is 4.79 Å². The fraction of sp³-hybridized carbons (Fsp3) is 0.643. The van der Waals surface area contributed by atoms with Gasteiger partial charge < -0.3 is 31.1 Å². The number of amides is 2. The molecular formula is C14H26N4O5. The zero-order valence-electron chi connectivity index (χ0n) is 14.2. The number of hydrogen-bond donors (Lipinski definition) is 5. The number of ether oxygens (including phenoxy) is 1. The summed E-state index contributed by atoms with van der Waals surface area (Å²) in [6.45, 7) is 5.58. The highest BCUT2D eigenvalue weighted by Crippen LogP contribution is 2.06. The number of rotatable bonds is 8. The molecule has 5 N–H and O–H groups in total. The first-order valence-electron chi connectivity index (χ1n) is 7.16. The van der Waals surface area contributed by atoms with E-state index >= 15 is 0 Å². The molecule has 0 unspecified atom stereocenters. The first-order chi connectivity index (χ1) is 10.6. The second-order valence-electron chi connectivity index (χ2n) is 5.61. The minimum absolute atomic E-state index is 0.0763. The van der Waals surface area contributed by atoms with Gasteiger partial charge in [-0.15, -0.1) is 0 Å². The molecule has 0 aliphatic rings. The van der Waals surface area contributed by atoms with Crippen LogP contribution in [0.5, 0.6) is 0 Å². The summed E-state index contributed by atoms with van der Waals surface area (Å²) in [6, 6.07) is 0. The van der Waals surface area contributed by atoms with Crippen LogP contribution in [0.15, 0.2) is 11.4 Å². The van der Waals surface area contributed by atoms with Crippen LogP contribution in [0, 0.1) is 0 Å². The highest BCUT2D eigenvalue weighted by Gasteiger charge is 2.18. The Hall–Kier alpha value is -2.45. The van der Waals surface area contributed by atoms with Gasteiger partial charge in [-0.3, -0.25) is 4.79 Å². The Balaban J connectivity index is 4.28. The Morgan fingerprint density at radius 2 is 1.52 bits per heavy atom. The molecule has 0 aliphatic heterocycles. The van der Waals surface area contributed by atoms with E-state index in [9.17, 15) is 14.4 Å². The molecule has 0 radical (unpaired) electrons. The van der Waals surface area contributed by atoms with Gasteiger partial charge in [0.2, 0.25) is 5.91 Å². The van der Waals surface area contributed by atoms with E-state index in [1.807, 2.05) is 0 Å². The van der Waals surface area contributed by atoms with Crippen LogP contribution >= 0.6 is 0 Å². The van der Waals surface area contributed by atoms with Crippen molar-refractivity contribution in [2.45, 2.75) is 32.8 Å². The van der Waals surface area contributed by atoms with Crippen molar-refractivity contribution in [3.63, 3.8) is 0 Å². The summed E-state index contributed by atoms with van der Waals surface area (Å²) in [6.07, 6.45) is -0.871. The number of alkyl carbamates (subject to hydrolysis) is 1. The van der Waals surface area contributed by atoms with E-state index in [2.05, 4.69) is 21.3 Å². The lowest BCUT2D eigenvalue weighted by Gasteiger charge is -2.19. The molecule has 0 bridgehead atoms. The second kappa shape index (κ2) is 9.54. The van der Waals surface area contributed by atoms with Crippen LogP contribution in [-0.2, 0) is 14.3 Å². The molecule has 132 valence electrons. The first kappa shape index (κ1) is 20.6. The Kier molecular flexibility index (Phi) is 8.53. The molecule has 9 nitrogen and oxygen atoms in total. The molecule has 0 atom stereocenters. The molecule has 0 spiro atoms. The van der Waals surface area contributed by atoms with Gasteiger partial charge in [0.15, 0.2) is 0 Å². The van der Waals surface area contributed by atoms with Gasteiger partial charge in [-0.25, -0.2) is 9.59 Å². The number of carbonyl (C=O) groups is 3. The molecule has 23 heavy (non-hydrogen) atoms. The Bertz CT molecular complexity index is 462. The standard InChI is InChI=1S/C14H26N4O5/c1-14(2,3)23-13(22)18-7-6-17-10(19)8-9(12(20)21)11(15-4)16-5/h15-16H,6-8H2,1-5H3,(H,17,19)(H,18,22)(H,20,21). The summed E-state index contributed by atoms with van der Waals surface area (Å²) in [7, 11) is 3.11. The number of carboxylic acids is 1. The minimum Gasteiger partial charge on any atom is -0.478 e. The first-order valence-corrected chi connectivity index (χ1v) is 7.16.